The molecule has 0 bridgehead atoms. The number of para-hydroxylation sites is 2. The van der Waals surface area contributed by atoms with Crippen molar-refractivity contribution in [2.75, 3.05) is 0 Å². The summed E-state index contributed by atoms with van der Waals surface area (Å²) in [5.41, 5.74) is 8.20. The fraction of sp³-hybridized carbons (Fsp3) is 0. The molecule has 238 valence electrons. The molecule has 11 rings (SSSR count). The summed E-state index contributed by atoms with van der Waals surface area (Å²) in [4.78, 5) is 15.3. The van der Waals surface area contributed by atoms with Crippen molar-refractivity contribution in [2.45, 2.75) is 0 Å². The molecular formula is C45H25N3O2S. The second-order valence-corrected chi connectivity index (χ2v) is 13.8. The summed E-state index contributed by atoms with van der Waals surface area (Å²) < 4.78 is 15.3. The predicted octanol–water partition coefficient (Wildman–Crippen LogP) is 12.7. The highest BCUT2D eigenvalue weighted by molar-refractivity contribution is 7.25. The van der Waals surface area contributed by atoms with Gasteiger partial charge in [0.25, 0.3) is 0 Å². The van der Waals surface area contributed by atoms with Gasteiger partial charge in [-0.05, 0) is 59.7 Å². The summed E-state index contributed by atoms with van der Waals surface area (Å²) in [5.74, 6) is 1.81. The average Bonchev–Trinajstić information content (AvgIpc) is 3.88. The normalized spacial score (nSPS) is 11.9. The Bertz CT molecular complexity index is 3160. The van der Waals surface area contributed by atoms with Gasteiger partial charge in [-0.15, -0.1) is 11.3 Å². The first-order chi connectivity index (χ1) is 25.2. The Kier molecular flexibility index (Phi) is 6.05. The lowest BCUT2D eigenvalue weighted by molar-refractivity contribution is 0.669. The number of fused-ring (bicyclic) bond motifs is 9. The number of furan rings is 2. The molecule has 0 aliphatic carbocycles. The zero-order valence-electron chi connectivity index (χ0n) is 27.0. The standard InChI is InChI=1S/C45H25N3O2S/c1-2-10-26(11-3-1)43-46-44(33-15-9-19-40-41(33)32-13-5-7-18-39(32)51-40)48-45(47-43)34-16-8-14-31-35-24-27(21-23-37(35)50-42(31)34)28-20-22-30-29-12-4-6-17-36(29)49-38(30)25-28/h1-25H. The van der Waals surface area contributed by atoms with E-state index in [1.807, 2.05) is 60.7 Å². The second-order valence-electron chi connectivity index (χ2n) is 12.8. The SMILES string of the molecule is c1ccc(-c2nc(-c3cccc4c3oc3ccc(-c5ccc6c(c5)oc5ccccc56)cc34)nc(-c3cccc4sc5ccccc5c34)n2)cc1. The molecule has 0 N–H and O–H groups in total. The Morgan fingerprint density at radius 3 is 1.94 bits per heavy atom. The van der Waals surface area contributed by atoms with Crippen LogP contribution in [0.5, 0.6) is 0 Å². The van der Waals surface area contributed by atoms with Gasteiger partial charge in [0, 0.05) is 52.8 Å². The van der Waals surface area contributed by atoms with E-state index in [1.165, 1.54) is 14.8 Å². The number of hydrogen-bond acceptors (Lipinski definition) is 6. The van der Waals surface area contributed by atoms with E-state index in [0.717, 1.165) is 77.1 Å². The van der Waals surface area contributed by atoms with E-state index >= 15 is 0 Å². The molecule has 0 radical (unpaired) electrons. The molecule has 11 aromatic rings. The largest absolute Gasteiger partial charge is 0.456 e. The first-order valence-corrected chi connectivity index (χ1v) is 17.7. The van der Waals surface area contributed by atoms with Crippen LogP contribution in [0.4, 0.5) is 0 Å². The number of nitrogens with zero attached hydrogens (tertiary/aromatic N) is 3. The number of benzene rings is 7. The summed E-state index contributed by atoms with van der Waals surface area (Å²) in [5, 5.41) is 6.63. The molecule has 4 aromatic heterocycles. The summed E-state index contributed by atoms with van der Waals surface area (Å²) >= 11 is 1.79. The summed E-state index contributed by atoms with van der Waals surface area (Å²) in [6.07, 6.45) is 0. The third-order valence-corrected chi connectivity index (χ3v) is 10.9. The van der Waals surface area contributed by atoms with Gasteiger partial charge in [0.15, 0.2) is 17.5 Å². The molecular weight excluding hydrogens is 647 g/mol. The molecule has 0 spiro atoms. The maximum atomic E-state index is 6.63. The van der Waals surface area contributed by atoms with Gasteiger partial charge in [-0.3, -0.25) is 0 Å². The van der Waals surface area contributed by atoms with Crippen molar-refractivity contribution < 1.29 is 8.83 Å². The van der Waals surface area contributed by atoms with E-state index in [0.29, 0.717) is 17.5 Å². The number of thiophene rings is 1. The lowest BCUT2D eigenvalue weighted by atomic mass is 10.0. The average molecular weight is 672 g/mol. The summed E-state index contributed by atoms with van der Waals surface area (Å²) in [6, 6.07) is 52.1. The van der Waals surface area contributed by atoms with Gasteiger partial charge in [0.05, 0.1) is 5.56 Å². The molecule has 0 amide bonds. The maximum absolute atomic E-state index is 6.63. The van der Waals surface area contributed by atoms with Crippen LogP contribution in [0.15, 0.2) is 160 Å². The van der Waals surface area contributed by atoms with E-state index < -0.39 is 0 Å². The van der Waals surface area contributed by atoms with Crippen molar-refractivity contribution in [2.24, 2.45) is 0 Å². The molecule has 0 atom stereocenters. The Balaban J connectivity index is 1.10. The lowest BCUT2D eigenvalue weighted by Crippen LogP contribution is -2.00. The van der Waals surface area contributed by atoms with Gasteiger partial charge in [0.1, 0.15) is 22.3 Å². The Labute approximate surface area is 295 Å². The molecule has 6 heteroatoms. The monoisotopic (exact) mass is 671 g/mol. The van der Waals surface area contributed by atoms with Crippen LogP contribution in [-0.2, 0) is 0 Å². The van der Waals surface area contributed by atoms with Crippen molar-refractivity contribution in [3.05, 3.63) is 152 Å². The minimum atomic E-state index is 0.565. The van der Waals surface area contributed by atoms with E-state index in [9.17, 15) is 0 Å². The van der Waals surface area contributed by atoms with Crippen molar-refractivity contribution >= 4 is 75.4 Å². The molecule has 4 heterocycles. The number of aromatic nitrogens is 3. The Hall–Kier alpha value is -6.63. The molecule has 5 nitrogen and oxygen atoms in total. The first-order valence-electron chi connectivity index (χ1n) is 16.8. The highest BCUT2D eigenvalue weighted by atomic mass is 32.1. The fourth-order valence-electron chi connectivity index (χ4n) is 7.35. The third kappa shape index (κ3) is 4.43. The van der Waals surface area contributed by atoms with Crippen LogP contribution < -0.4 is 0 Å². The number of hydrogen-bond donors (Lipinski definition) is 0. The maximum Gasteiger partial charge on any atom is 0.167 e. The molecule has 51 heavy (non-hydrogen) atoms. The van der Waals surface area contributed by atoms with Gasteiger partial charge in [-0.1, -0.05) is 103 Å². The van der Waals surface area contributed by atoms with Gasteiger partial charge < -0.3 is 8.83 Å². The number of rotatable bonds is 4. The highest BCUT2D eigenvalue weighted by Gasteiger charge is 2.20. The molecule has 0 aliphatic rings. The summed E-state index contributed by atoms with van der Waals surface area (Å²) in [7, 11) is 0. The Morgan fingerprint density at radius 2 is 1.02 bits per heavy atom. The van der Waals surface area contributed by atoms with Crippen LogP contribution >= 0.6 is 11.3 Å². The molecule has 0 aliphatic heterocycles. The third-order valence-electron chi connectivity index (χ3n) is 9.76. The molecule has 0 fully saturated rings. The van der Waals surface area contributed by atoms with Crippen molar-refractivity contribution in [3.63, 3.8) is 0 Å². The van der Waals surface area contributed by atoms with Gasteiger partial charge in [0.2, 0.25) is 0 Å². The van der Waals surface area contributed by atoms with E-state index in [-0.39, 0.29) is 0 Å². The van der Waals surface area contributed by atoms with E-state index in [2.05, 4.69) is 91.0 Å². The molecule has 0 saturated carbocycles. The van der Waals surface area contributed by atoms with E-state index in [1.54, 1.807) is 11.3 Å². The topological polar surface area (TPSA) is 65.0 Å². The molecule has 7 aromatic carbocycles. The van der Waals surface area contributed by atoms with Gasteiger partial charge in [-0.25, -0.2) is 15.0 Å². The van der Waals surface area contributed by atoms with Crippen LogP contribution in [-0.4, -0.2) is 15.0 Å². The van der Waals surface area contributed by atoms with Gasteiger partial charge >= 0.3 is 0 Å². The molecule has 0 saturated heterocycles. The van der Waals surface area contributed by atoms with E-state index in [4.69, 9.17) is 23.8 Å². The van der Waals surface area contributed by atoms with Crippen molar-refractivity contribution in [1.29, 1.82) is 0 Å². The smallest absolute Gasteiger partial charge is 0.167 e. The van der Waals surface area contributed by atoms with Crippen molar-refractivity contribution in [1.82, 2.24) is 15.0 Å². The van der Waals surface area contributed by atoms with Crippen LogP contribution in [0.25, 0.3) is 109 Å². The van der Waals surface area contributed by atoms with Crippen molar-refractivity contribution in [3.8, 4) is 45.3 Å². The minimum Gasteiger partial charge on any atom is -0.456 e. The second kappa shape index (κ2) is 10.9. The van der Waals surface area contributed by atoms with Crippen LogP contribution in [0.2, 0.25) is 0 Å². The zero-order valence-corrected chi connectivity index (χ0v) is 27.8. The summed E-state index contributed by atoms with van der Waals surface area (Å²) in [6.45, 7) is 0. The minimum absolute atomic E-state index is 0.565. The van der Waals surface area contributed by atoms with Gasteiger partial charge in [-0.2, -0.15) is 0 Å². The first kappa shape index (κ1) is 28.2. The van der Waals surface area contributed by atoms with Crippen LogP contribution in [0, 0.1) is 0 Å². The fourth-order valence-corrected chi connectivity index (χ4v) is 8.49. The predicted molar refractivity (Wildman–Crippen MR) is 209 cm³/mol. The van der Waals surface area contributed by atoms with Crippen LogP contribution in [0.1, 0.15) is 0 Å². The van der Waals surface area contributed by atoms with Crippen LogP contribution in [0.3, 0.4) is 0 Å². The zero-order chi connectivity index (χ0) is 33.5. The quantitative estimate of drug-likeness (QED) is 0.186. The lowest BCUT2D eigenvalue weighted by Gasteiger charge is -2.10. The molecule has 0 unspecified atom stereocenters. The Morgan fingerprint density at radius 1 is 0.373 bits per heavy atom. The highest BCUT2D eigenvalue weighted by Crippen LogP contribution is 2.41.